The SMILES string of the molecule is C=C1N2CCCCCN1C1(O)C2N2CCCCCN1C2=C.C=C1N2CCCCCN1C1(OCCCSCCC(=O)O)C2N2CCCCCN1C2=C.C=C1N2CCCCCN1C1(OCCCSCCN)C2N2CCCCCN1C2=C. The Labute approximate surface area is 482 Å². The zero-order valence-electron chi connectivity index (χ0n) is 48.1. The first-order valence-corrected chi connectivity index (χ1v) is 33.2. The van der Waals surface area contributed by atoms with Crippen molar-refractivity contribution in [1.29, 1.82) is 0 Å². The molecule has 0 radical (unpaired) electrons. The Kier molecular flexibility index (Phi) is 18.9. The topological polar surface area (TPSA) is 141 Å². The number of fused-ring (bicyclic) bond motifs is 27. The summed E-state index contributed by atoms with van der Waals surface area (Å²) in [5.74, 6) is 7.49. The Morgan fingerprint density at radius 2 is 0.709 bits per heavy atom. The van der Waals surface area contributed by atoms with Crippen molar-refractivity contribution in [2.75, 3.05) is 121 Å². The molecular formula is C59H99N13O5S2. The van der Waals surface area contributed by atoms with Gasteiger partial charge in [-0.05, 0) is 140 Å². The van der Waals surface area contributed by atoms with E-state index in [2.05, 4.69) is 98.3 Å². The summed E-state index contributed by atoms with van der Waals surface area (Å²) in [7, 11) is 0. The maximum atomic E-state index is 11.7. The Hall–Kier alpha value is -3.95. The van der Waals surface area contributed by atoms with Crippen molar-refractivity contribution in [2.45, 2.75) is 171 Å². The highest BCUT2D eigenvalue weighted by molar-refractivity contribution is 7.99. The molecule has 0 aliphatic carbocycles. The van der Waals surface area contributed by atoms with E-state index in [1.54, 1.807) is 11.8 Å². The molecular weight excluding hydrogens is 1030 g/mol. The molecule has 0 aromatic heterocycles. The van der Waals surface area contributed by atoms with Crippen LogP contribution in [0.3, 0.4) is 0 Å². The summed E-state index contributed by atoms with van der Waals surface area (Å²) in [6.45, 7) is 40.6. The maximum Gasteiger partial charge on any atom is 0.304 e. The fraction of sp³-hybridized carbons (Fsp3) is 0.780. The minimum atomic E-state index is -0.969. The van der Waals surface area contributed by atoms with Crippen molar-refractivity contribution < 1.29 is 24.5 Å². The smallest absolute Gasteiger partial charge is 0.304 e. The molecule has 0 atom stereocenters. The predicted molar refractivity (Wildman–Crippen MR) is 317 cm³/mol. The predicted octanol–water partition coefficient (Wildman–Crippen LogP) is 7.24. The number of hydrogen-bond acceptors (Lipinski definition) is 19. The van der Waals surface area contributed by atoms with Crippen LogP contribution in [0.2, 0.25) is 0 Å². The van der Waals surface area contributed by atoms with Gasteiger partial charge in [0.15, 0.2) is 18.5 Å². The van der Waals surface area contributed by atoms with Crippen LogP contribution in [0, 0.1) is 0 Å². The van der Waals surface area contributed by atoms with Gasteiger partial charge >= 0.3 is 5.97 Å². The first-order valence-electron chi connectivity index (χ1n) is 30.9. The lowest BCUT2D eigenvalue weighted by Crippen LogP contribution is -2.61. The van der Waals surface area contributed by atoms with Crippen molar-refractivity contribution in [2.24, 2.45) is 5.73 Å². The minimum Gasteiger partial charge on any atom is -0.481 e. The highest BCUT2D eigenvalue weighted by Crippen LogP contribution is 2.54. The number of carboxylic acid groups (broad SMARTS) is 1. The molecule has 0 aromatic carbocycles. The van der Waals surface area contributed by atoms with Crippen LogP contribution in [0.15, 0.2) is 74.4 Å². The van der Waals surface area contributed by atoms with Gasteiger partial charge in [0.2, 0.25) is 0 Å². The molecule has 12 aliphatic heterocycles. The Morgan fingerprint density at radius 3 is 1.03 bits per heavy atom. The molecule has 0 amide bonds. The third-order valence-corrected chi connectivity index (χ3v) is 21.1. The second kappa shape index (κ2) is 25.7. The molecule has 0 saturated carbocycles. The second-order valence-corrected chi connectivity index (χ2v) is 26.1. The first-order chi connectivity index (χ1) is 38.4. The van der Waals surface area contributed by atoms with Crippen LogP contribution in [0.1, 0.15) is 135 Å². The standard InChI is InChI=1S/C22H36N4O3S.C21H37N5OS.C16H26N4O/c1-18-23-11-5-3-7-13-25(18)22(29-15-9-16-30-17-10-20(27)28)21(23)24-12-6-4-8-14-26(22)19(24)2;1-18-23-11-5-3-7-13-25(18)21(27-15-9-16-28-17-10-22)20(23)24-12-6-4-8-14-26(21)19(24)2;1-13-17-9-5-3-7-11-19(13)16(21)15(17)18-10-6-4-8-12-20(16)14(18)2/h21H,1-17H2,(H,27,28);20H,1-17,22H2;15,21H,1-12H2. The van der Waals surface area contributed by atoms with Gasteiger partial charge in [0, 0.05) is 96.6 Å². The van der Waals surface area contributed by atoms with E-state index < -0.39 is 23.5 Å². The normalized spacial score (nSPS) is 31.3. The number of hydrogen-bond donors (Lipinski definition) is 3. The second-order valence-electron chi connectivity index (χ2n) is 23.6. The van der Waals surface area contributed by atoms with Gasteiger partial charge in [0.05, 0.1) is 19.6 Å². The monoisotopic (exact) mass is 1130 g/mol. The van der Waals surface area contributed by atoms with E-state index in [-0.39, 0.29) is 24.9 Å². The zero-order valence-corrected chi connectivity index (χ0v) is 49.8. The molecule has 20 heteroatoms. The van der Waals surface area contributed by atoms with Gasteiger partial charge in [-0.25, -0.2) is 0 Å². The summed E-state index contributed by atoms with van der Waals surface area (Å²) in [5.41, 5.74) is 5.62. The van der Waals surface area contributed by atoms with Gasteiger partial charge in [0.25, 0.3) is 17.5 Å². The van der Waals surface area contributed by atoms with E-state index in [0.717, 1.165) is 182 Å². The molecule has 12 fully saturated rings. The van der Waals surface area contributed by atoms with E-state index in [4.69, 9.17) is 20.3 Å². The number of carboxylic acids is 1. The van der Waals surface area contributed by atoms with Gasteiger partial charge in [-0.1, -0.05) is 39.5 Å². The number of thioether (sulfide) groups is 2. The van der Waals surface area contributed by atoms with Crippen LogP contribution >= 0.6 is 23.5 Å². The van der Waals surface area contributed by atoms with E-state index in [1.807, 2.05) is 11.8 Å². The summed E-state index contributed by atoms with van der Waals surface area (Å²) in [5, 5.41) is 20.5. The van der Waals surface area contributed by atoms with E-state index in [9.17, 15) is 9.90 Å². The van der Waals surface area contributed by atoms with Crippen molar-refractivity contribution >= 4 is 29.5 Å². The van der Waals surface area contributed by atoms with Crippen LogP contribution in [0.5, 0.6) is 0 Å². The third-order valence-electron chi connectivity index (χ3n) is 18.9. The van der Waals surface area contributed by atoms with Gasteiger partial charge < -0.3 is 84.2 Å². The summed E-state index contributed by atoms with van der Waals surface area (Å²) in [6, 6.07) is 0. The first kappa shape index (κ1) is 58.3. The van der Waals surface area contributed by atoms with Crippen LogP contribution in [0.4, 0.5) is 0 Å². The molecule has 12 rings (SSSR count). The minimum absolute atomic E-state index is 0.0336. The van der Waals surface area contributed by atoms with Crippen LogP contribution in [-0.4, -0.2) is 232 Å². The third kappa shape index (κ3) is 10.6. The molecule has 12 heterocycles. The largest absolute Gasteiger partial charge is 0.481 e. The molecule has 12 aliphatic rings. The van der Waals surface area contributed by atoms with Gasteiger partial charge in [-0.2, -0.15) is 23.5 Å². The van der Waals surface area contributed by atoms with Crippen LogP contribution < -0.4 is 5.73 Å². The van der Waals surface area contributed by atoms with E-state index >= 15 is 0 Å². The fourth-order valence-corrected chi connectivity index (χ4v) is 16.7. The molecule has 0 unspecified atom stereocenters. The number of rotatable bonds is 15. The van der Waals surface area contributed by atoms with Crippen molar-refractivity contribution in [3.05, 3.63) is 74.4 Å². The quantitative estimate of drug-likeness (QED) is 0.142. The van der Waals surface area contributed by atoms with E-state index in [0.29, 0.717) is 12.4 Å². The van der Waals surface area contributed by atoms with Gasteiger partial charge in [-0.15, -0.1) is 0 Å². The number of aliphatic carboxylic acids is 1. The molecule has 4 N–H and O–H groups in total. The average Bonchev–Trinajstić information content (AvgIpc) is 2.45. The molecule has 442 valence electrons. The molecule has 79 heavy (non-hydrogen) atoms. The van der Waals surface area contributed by atoms with Crippen molar-refractivity contribution in [3.63, 3.8) is 0 Å². The van der Waals surface area contributed by atoms with E-state index in [1.165, 1.54) is 89.9 Å². The van der Waals surface area contributed by atoms with Crippen molar-refractivity contribution in [3.8, 4) is 0 Å². The van der Waals surface area contributed by atoms with Gasteiger partial charge in [-0.3, -0.25) is 4.79 Å². The lowest BCUT2D eigenvalue weighted by molar-refractivity contribution is -0.213. The number of aliphatic hydroxyl groups is 1. The van der Waals surface area contributed by atoms with Crippen molar-refractivity contribution in [1.82, 2.24) is 58.8 Å². The highest BCUT2D eigenvalue weighted by atomic mass is 32.2. The van der Waals surface area contributed by atoms with Crippen LogP contribution in [-0.2, 0) is 14.3 Å². The maximum absolute atomic E-state index is 11.7. The van der Waals surface area contributed by atoms with Gasteiger partial charge in [0.1, 0.15) is 34.9 Å². The average molecular weight is 1130 g/mol. The summed E-state index contributed by atoms with van der Waals surface area (Å²) >= 11 is 3.62. The number of carbonyl (C=O) groups is 1. The number of nitrogens with zero attached hydrogens (tertiary/aromatic N) is 12. The fourth-order valence-electron chi connectivity index (χ4n) is 15.2. The molecule has 12 saturated heterocycles. The lowest BCUT2D eigenvalue weighted by atomic mass is 10.2. The summed E-state index contributed by atoms with van der Waals surface area (Å²) in [6.07, 6.45) is 24.2. The number of ether oxygens (including phenoxy) is 2. The summed E-state index contributed by atoms with van der Waals surface area (Å²) in [4.78, 5) is 39.3. The molecule has 0 aromatic rings. The Bertz CT molecular complexity index is 2090. The lowest BCUT2D eigenvalue weighted by Gasteiger charge is -2.44. The van der Waals surface area contributed by atoms with Crippen LogP contribution in [0.25, 0.3) is 0 Å². The molecule has 18 nitrogen and oxygen atoms in total. The Balaban J connectivity index is 0.000000136. The zero-order chi connectivity index (χ0) is 55.3. The highest BCUT2D eigenvalue weighted by Gasteiger charge is 2.69. The summed E-state index contributed by atoms with van der Waals surface area (Å²) < 4.78 is 13.7. The molecule has 12 bridgehead atoms. The number of nitrogens with two attached hydrogens (primary N) is 1. The Morgan fingerprint density at radius 1 is 0.430 bits per heavy atom. The molecule has 0 spiro atoms.